The topological polar surface area (TPSA) is 80.5 Å². The van der Waals surface area contributed by atoms with Gasteiger partial charge in [0.2, 0.25) is 5.89 Å². The number of aromatic nitrogens is 2. The van der Waals surface area contributed by atoms with Crippen LogP contribution < -0.4 is 5.32 Å². The van der Waals surface area contributed by atoms with Gasteiger partial charge in [-0.1, -0.05) is 35.0 Å². The second-order valence-electron chi connectivity index (χ2n) is 6.40. The zero-order valence-electron chi connectivity index (χ0n) is 14.7. The molecule has 2 amide bonds. The summed E-state index contributed by atoms with van der Waals surface area (Å²) in [5.74, 6) is 1.07. The molecule has 1 fully saturated rings. The van der Waals surface area contributed by atoms with Crippen molar-refractivity contribution in [3.63, 3.8) is 0 Å². The van der Waals surface area contributed by atoms with Crippen molar-refractivity contribution < 1.29 is 14.1 Å². The van der Waals surface area contributed by atoms with E-state index in [0.29, 0.717) is 31.4 Å². The fourth-order valence-corrected chi connectivity index (χ4v) is 2.85. The number of hydrogen-bond donors (Lipinski definition) is 1. The summed E-state index contributed by atoms with van der Waals surface area (Å²) in [6, 6.07) is 8.11. The lowest BCUT2D eigenvalue weighted by Gasteiger charge is -2.32. The quantitative estimate of drug-likeness (QED) is 0.902. The molecule has 1 aliphatic heterocycles. The Labute approximate surface area is 147 Å². The van der Waals surface area contributed by atoms with E-state index in [0.717, 1.165) is 24.9 Å². The summed E-state index contributed by atoms with van der Waals surface area (Å²) in [5, 5.41) is 6.80. The van der Waals surface area contributed by atoms with E-state index in [2.05, 4.69) is 15.5 Å². The maximum Gasteiger partial charge on any atom is 0.317 e. The van der Waals surface area contributed by atoms with Crippen LogP contribution in [0.3, 0.4) is 0 Å². The second-order valence-corrected chi connectivity index (χ2v) is 6.40. The Bertz CT molecular complexity index is 699. The van der Waals surface area contributed by atoms with Crippen LogP contribution in [0.25, 0.3) is 0 Å². The van der Waals surface area contributed by atoms with Crippen LogP contribution in [0.15, 0.2) is 28.8 Å². The summed E-state index contributed by atoms with van der Waals surface area (Å²) in [6.45, 7) is 5.96. The molecule has 1 atom stereocenters. The number of benzene rings is 1. The summed E-state index contributed by atoms with van der Waals surface area (Å²) in [4.78, 5) is 18.3. The zero-order valence-corrected chi connectivity index (χ0v) is 14.7. The first-order valence-corrected chi connectivity index (χ1v) is 8.59. The van der Waals surface area contributed by atoms with Crippen LogP contribution in [0.1, 0.15) is 35.7 Å². The molecule has 1 N–H and O–H groups in total. The van der Waals surface area contributed by atoms with Crippen LogP contribution in [-0.4, -0.2) is 40.3 Å². The number of amides is 2. The molecule has 7 heteroatoms. The normalized spacial score (nSPS) is 17.5. The lowest BCUT2D eigenvalue weighted by Crippen LogP contribution is -2.47. The second kappa shape index (κ2) is 8.11. The number of carbonyl (C=O) groups excluding carboxylic acids is 1. The Morgan fingerprint density at radius 2 is 2.16 bits per heavy atom. The maximum absolute atomic E-state index is 12.4. The first-order chi connectivity index (χ1) is 12.1. The molecule has 0 bridgehead atoms. The fraction of sp³-hybridized carbons (Fsp3) is 0.500. The minimum absolute atomic E-state index is 0.00215. The van der Waals surface area contributed by atoms with Crippen LogP contribution in [0.2, 0.25) is 0 Å². The fourth-order valence-electron chi connectivity index (χ4n) is 2.85. The number of aryl methyl sites for hydroxylation is 2. The van der Waals surface area contributed by atoms with Crippen LogP contribution in [-0.2, 0) is 17.9 Å². The van der Waals surface area contributed by atoms with Crippen LogP contribution in [0.4, 0.5) is 4.79 Å². The Balaban J connectivity index is 1.45. The Hall–Kier alpha value is -2.41. The molecule has 7 nitrogen and oxygen atoms in total. The molecular weight excluding hydrogens is 320 g/mol. The minimum Gasteiger partial charge on any atom is -0.368 e. The largest absolute Gasteiger partial charge is 0.368 e. The summed E-state index contributed by atoms with van der Waals surface area (Å²) in [6.07, 6.45) is 1.85. The van der Waals surface area contributed by atoms with E-state index in [1.54, 1.807) is 6.92 Å². The van der Waals surface area contributed by atoms with Gasteiger partial charge in [-0.15, -0.1) is 0 Å². The molecule has 0 spiro atoms. The van der Waals surface area contributed by atoms with Crippen molar-refractivity contribution >= 4 is 6.03 Å². The van der Waals surface area contributed by atoms with E-state index < -0.39 is 0 Å². The van der Waals surface area contributed by atoms with Gasteiger partial charge in [-0.05, 0) is 25.3 Å². The molecule has 1 aromatic carbocycles. The van der Waals surface area contributed by atoms with E-state index in [1.807, 2.05) is 36.1 Å². The molecule has 1 unspecified atom stereocenters. The van der Waals surface area contributed by atoms with E-state index in [-0.39, 0.29) is 12.1 Å². The lowest BCUT2D eigenvalue weighted by atomic mass is 10.1. The van der Waals surface area contributed by atoms with Crippen molar-refractivity contribution in [2.24, 2.45) is 0 Å². The predicted octanol–water partition coefficient (Wildman–Crippen LogP) is 2.58. The van der Waals surface area contributed by atoms with Gasteiger partial charge in [-0.3, -0.25) is 0 Å². The highest BCUT2D eigenvalue weighted by atomic mass is 16.5. The number of likely N-dealkylation sites (tertiary alicyclic amines) is 1. The van der Waals surface area contributed by atoms with Crippen LogP contribution in [0, 0.1) is 13.8 Å². The molecule has 1 saturated heterocycles. The molecule has 134 valence electrons. The molecule has 0 saturated carbocycles. The monoisotopic (exact) mass is 344 g/mol. The summed E-state index contributed by atoms with van der Waals surface area (Å²) >= 11 is 0. The van der Waals surface area contributed by atoms with Crippen molar-refractivity contribution in [3.8, 4) is 0 Å². The first-order valence-electron chi connectivity index (χ1n) is 8.59. The number of nitrogens with one attached hydrogen (secondary N) is 1. The molecular formula is C18H24N4O3. The van der Waals surface area contributed by atoms with Gasteiger partial charge in [0.25, 0.3) is 0 Å². The zero-order chi connectivity index (χ0) is 17.6. The number of nitrogens with zero attached hydrogens (tertiary/aromatic N) is 3. The van der Waals surface area contributed by atoms with Gasteiger partial charge in [0.15, 0.2) is 5.82 Å². The van der Waals surface area contributed by atoms with Crippen molar-refractivity contribution in [1.82, 2.24) is 20.4 Å². The average Bonchev–Trinajstić information content (AvgIpc) is 3.05. The van der Waals surface area contributed by atoms with Gasteiger partial charge < -0.3 is 19.5 Å². The molecule has 3 rings (SSSR count). The highest BCUT2D eigenvalue weighted by molar-refractivity contribution is 5.74. The van der Waals surface area contributed by atoms with Gasteiger partial charge >= 0.3 is 6.03 Å². The van der Waals surface area contributed by atoms with Crippen molar-refractivity contribution in [3.05, 3.63) is 47.1 Å². The number of rotatable bonds is 5. The van der Waals surface area contributed by atoms with E-state index in [1.165, 1.54) is 5.56 Å². The molecule has 1 aliphatic rings. The third-order valence-electron chi connectivity index (χ3n) is 4.25. The highest BCUT2D eigenvalue weighted by Gasteiger charge is 2.24. The number of urea groups is 1. The van der Waals surface area contributed by atoms with Crippen molar-refractivity contribution in [2.45, 2.75) is 45.9 Å². The van der Waals surface area contributed by atoms with Gasteiger partial charge in [0, 0.05) is 26.6 Å². The number of carbonyl (C=O) groups is 1. The summed E-state index contributed by atoms with van der Waals surface area (Å²) < 4.78 is 10.8. The van der Waals surface area contributed by atoms with E-state index in [4.69, 9.17) is 9.26 Å². The first kappa shape index (κ1) is 17.4. The molecule has 2 heterocycles. The van der Waals surface area contributed by atoms with Gasteiger partial charge in [0.1, 0.15) is 6.61 Å². The standard InChI is InChI=1S/C18H24N4O3/c1-13-5-7-15(8-6-13)10-19-18(23)22-9-3-4-16(11-22)24-12-17-20-14(2)25-21-17/h5-8,16H,3-4,9-12H2,1-2H3,(H,19,23). The third-order valence-corrected chi connectivity index (χ3v) is 4.25. The maximum atomic E-state index is 12.4. The minimum atomic E-state index is -0.0516. The summed E-state index contributed by atoms with van der Waals surface area (Å²) in [7, 11) is 0. The van der Waals surface area contributed by atoms with Crippen LogP contribution in [0.5, 0.6) is 0 Å². The molecule has 2 aromatic rings. The molecule has 0 radical (unpaired) electrons. The number of hydrogen-bond acceptors (Lipinski definition) is 5. The Kier molecular flexibility index (Phi) is 5.65. The van der Waals surface area contributed by atoms with Gasteiger partial charge in [-0.2, -0.15) is 4.98 Å². The van der Waals surface area contributed by atoms with Gasteiger partial charge in [0.05, 0.1) is 6.10 Å². The SMILES string of the molecule is Cc1ccc(CNC(=O)N2CCCC(OCc3noc(C)n3)C2)cc1. The van der Waals surface area contributed by atoms with E-state index >= 15 is 0 Å². The van der Waals surface area contributed by atoms with E-state index in [9.17, 15) is 4.79 Å². The smallest absolute Gasteiger partial charge is 0.317 e. The van der Waals surface area contributed by atoms with Gasteiger partial charge in [-0.25, -0.2) is 4.79 Å². The predicted molar refractivity (Wildman–Crippen MR) is 91.8 cm³/mol. The van der Waals surface area contributed by atoms with Crippen molar-refractivity contribution in [2.75, 3.05) is 13.1 Å². The molecule has 1 aromatic heterocycles. The van der Waals surface area contributed by atoms with Crippen LogP contribution >= 0.6 is 0 Å². The molecule has 0 aliphatic carbocycles. The Morgan fingerprint density at radius 3 is 2.88 bits per heavy atom. The highest BCUT2D eigenvalue weighted by Crippen LogP contribution is 2.15. The third kappa shape index (κ3) is 5.03. The average molecular weight is 344 g/mol. The molecule has 25 heavy (non-hydrogen) atoms. The Morgan fingerprint density at radius 1 is 1.36 bits per heavy atom. The van der Waals surface area contributed by atoms with Crippen molar-refractivity contribution in [1.29, 1.82) is 0 Å². The summed E-state index contributed by atoms with van der Waals surface area (Å²) in [5.41, 5.74) is 2.30. The number of piperidine rings is 1. The lowest BCUT2D eigenvalue weighted by molar-refractivity contribution is -0.00373. The number of ether oxygens (including phenoxy) is 1.